The van der Waals surface area contributed by atoms with E-state index in [1.54, 1.807) is 24.3 Å². The van der Waals surface area contributed by atoms with Gasteiger partial charge >= 0.3 is 12.0 Å². The minimum Gasteiger partial charge on any atom is -0.452 e. The monoisotopic (exact) mass is 358 g/mol. The molecule has 26 heavy (non-hydrogen) atoms. The van der Waals surface area contributed by atoms with Crippen LogP contribution in [-0.2, 0) is 20.9 Å². The van der Waals surface area contributed by atoms with Gasteiger partial charge in [0.1, 0.15) is 0 Å². The Hall–Kier alpha value is -3.23. The van der Waals surface area contributed by atoms with Gasteiger partial charge in [0, 0.05) is 19.6 Å². The van der Waals surface area contributed by atoms with E-state index in [-0.39, 0.29) is 25.1 Å². The predicted octanol–water partition coefficient (Wildman–Crippen LogP) is 0.270. The van der Waals surface area contributed by atoms with Gasteiger partial charge in [-0.2, -0.15) is 0 Å². The van der Waals surface area contributed by atoms with Crippen molar-refractivity contribution >= 4 is 28.8 Å². The molecule has 3 amide bonds. The van der Waals surface area contributed by atoms with Crippen LogP contribution in [-0.4, -0.2) is 51.6 Å². The van der Waals surface area contributed by atoms with Crippen LogP contribution in [0.3, 0.4) is 0 Å². The van der Waals surface area contributed by atoms with Crippen molar-refractivity contribution in [1.82, 2.24) is 19.8 Å². The first-order chi connectivity index (χ1) is 12.5. The number of hydrogen-bond acceptors (Lipinski definition) is 6. The van der Waals surface area contributed by atoms with Crippen molar-refractivity contribution < 1.29 is 19.1 Å². The smallest absolute Gasteiger partial charge is 0.324 e. The van der Waals surface area contributed by atoms with Gasteiger partial charge in [-0.05, 0) is 19.1 Å². The summed E-state index contributed by atoms with van der Waals surface area (Å²) in [5.74, 6) is -1.21. The number of aromatic nitrogens is 2. The number of urea groups is 1. The molecule has 1 aliphatic heterocycles. The first-order valence-corrected chi connectivity index (χ1v) is 8.20. The molecule has 1 aliphatic rings. The second-order valence-electron chi connectivity index (χ2n) is 5.86. The molecule has 2 heterocycles. The summed E-state index contributed by atoms with van der Waals surface area (Å²) in [4.78, 5) is 53.1. The van der Waals surface area contributed by atoms with Crippen LogP contribution in [0.2, 0.25) is 0 Å². The van der Waals surface area contributed by atoms with E-state index in [9.17, 15) is 19.2 Å². The molecule has 0 spiro atoms. The van der Waals surface area contributed by atoms with E-state index < -0.39 is 24.0 Å². The molecule has 0 saturated carbocycles. The normalized spacial score (nSPS) is 15.0. The topological polar surface area (TPSA) is 111 Å². The molecule has 1 fully saturated rings. The average molecular weight is 358 g/mol. The maximum absolute atomic E-state index is 12.3. The molecule has 1 saturated heterocycles. The van der Waals surface area contributed by atoms with Crippen molar-refractivity contribution in [2.24, 2.45) is 0 Å². The van der Waals surface area contributed by atoms with Crippen molar-refractivity contribution in [1.29, 1.82) is 0 Å². The number of imide groups is 1. The SMILES string of the molecule is CC(OC(=O)CCn1cnc2ccccc2c1=O)C(=O)N1CCNC1=O. The number of fused-ring (bicyclic) bond motifs is 1. The highest BCUT2D eigenvalue weighted by atomic mass is 16.5. The molecular weight excluding hydrogens is 340 g/mol. The Labute approximate surface area is 148 Å². The molecule has 136 valence electrons. The number of hydrogen-bond donors (Lipinski definition) is 1. The van der Waals surface area contributed by atoms with Crippen LogP contribution >= 0.6 is 0 Å². The van der Waals surface area contributed by atoms with Gasteiger partial charge in [0.05, 0.1) is 23.7 Å². The minimum atomic E-state index is -1.07. The number of ether oxygens (including phenoxy) is 1. The van der Waals surface area contributed by atoms with Gasteiger partial charge in [-0.25, -0.2) is 9.78 Å². The number of carbonyl (C=O) groups is 3. The first kappa shape index (κ1) is 17.6. The van der Waals surface area contributed by atoms with Crippen LogP contribution in [0.5, 0.6) is 0 Å². The Bertz CT molecular complexity index is 923. The maximum atomic E-state index is 12.3. The molecular formula is C17H18N4O5. The van der Waals surface area contributed by atoms with Crippen molar-refractivity contribution in [3.8, 4) is 0 Å². The molecule has 1 N–H and O–H groups in total. The Balaban J connectivity index is 1.59. The quantitative estimate of drug-likeness (QED) is 0.768. The first-order valence-electron chi connectivity index (χ1n) is 8.20. The maximum Gasteiger partial charge on any atom is 0.324 e. The third kappa shape index (κ3) is 3.56. The lowest BCUT2D eigenvalue weighted by Gasteiger charge is -2.18. The van der Waals surface area contributed by atoms with Gasteiger partial charge in [0.15, 0.2) is 6.10 Å². The fraction of sp³-hybridized carbons (Fsp3) is 0.353. The standard InChI is InChI=1S/C17H18N4O5/c1-11(15(23)21-9-7-18-17(21)25)26-14(22)6-8-20-10-19-13-5-3-2-4-12(13)16(20)24/h2-5,10-11H,6-9H2,1H3,(H,18,25). The molecule has 0 bridgehead atoms. The number of carbonyl (C=O) groups excluding carboxylic acids is 3. The summed E-state index contributed by atoms with van der Waals surface area (Å²) in [5.41, 5.74) is 0.334. The summed E-state index contributed by atoms with van der Waals surface area (Å²) < 4.78 is 6.40. The molecule has 1 aromatic heterocycles. The number of nitrogens with zero attached hydrogens (tertiary/aromatic N) is 3. The van der Waals surface area contributed by atoms with Crippen molar-refractivity contribution in [3.63, 3.8) is 0 Å². The third-order valence-corrected chi connectivity index (χ3v) is 4.07. The van der Waals surface area contributed by atoms with E-state index >= 15 is 0 Å². The predicted molar refractivity (Wildman–Crippen MR) is 91.3 cm³/mol. The molecule has 1 aromatic carbocycles. The second kappa shape index (κ2) is 7.34. The molecule has 0 aliphatic carbocycles. The van der Waals surface area contributed by atoms with Crippen molar-refractivity contribution in [3.05, 3.63) is 40.9 Å². The van der Waals surface area contributed by atoms with E-state index in [2.05, 4.69) is 10.3 Å². The van der Waals surface area contributed by atoms with E-state index in [4.69, 9.17) is 4.74 Å². The lowest BCUT2D eigenvalue weighted by Crippen LogP contribution is -2.41. The number of esters is 1. The number of para-hydroxylation sites is 1. The molecule has 9 heteroatoms. The zero-order chi connectivity index (χ0) is 18.7. The fourth-order valence-corrected chi connectivity index (χ4v) is 2.68. The summed E-state index contributed by atoms with van der Waals surface area (Å²) in [5, 5.41) is 2.97. The Morgan fingerprint density at radius 2 is 2.08 bits per heavy atom. The minimum absolute atomic E-state index is 0.0839. The third-order valence-electron chi connectivity index (χ3n) is 4.07. The summed E-state index contributed by atoms with van der Waals surface area (Å²) in [6.07, 6.45) is 0.211. The highest BCUT2D eigenvalue weighted by molar-refractivity contribution is 5.98. The Kier molecular flexibility index (Phi) is 4.97. The summed E-state index contributed by atoms with van der Waals surface area (Å²) in [7, 11) is 0. The van der Waals surface area contributed by atoms with Crippen LogP contribution in [0, 0.1) is 0 Å². The van der Waals surface area contributed by atoms with Crippen molar-refractivity contribution in [2.45, 2.75) is 26.0 Å². The summed E-state index contributed by atoms with van der Waals surface area (Å²) in [6, 6.07) is 6.44. The molecule has 0 radical (unpaired) electrons. The van der Waals surface area contributed by atoms with Gasteiger partial charge in [-0.3, -0.25) is 23.9 Å². The molecule has 2 aromatic rings. The largest absolute Gasteiger partial charge is 0.452 e. The molecule has 1 unspecified atom stereocenters. The lowest BCUT2D eigenvalue weighted by molar-refractivity contribution is -0.157. The van der Waals surface area contributed by atoms with E-state index in [0.717, 1.165) is 4.90 Å². The van der Waals surface area contributed by atoms with Crippen LogP contribution in [0.4, 0.5) is 4.79 Å². The van der Waals surface area contributed by atoms with E-state index in [1.165, 1.54) is 17.8 Å². The van der Waals surface area contributed by atoms with Crippen LogP contribution in [0.25, 0.3) is 10.9 Å². The van der Waals surface area contributed by atoms with Gasteiger partial charge in [-0.15, -0.1) is 0 Å². The van der Waals surface area contributed by atoms with Gasteiger partial charge in [0.2, 0.25) is 0 Å². The molecule has 1 atom stereocenters. The fourth-order valence-electron chi connectivity index (χ4n) is 2.68. The average Bonchev–Trinajstić information content (AvgIpc) is 3.06. The summed E-state index contributed by atoms with van der Waals surface area (Å²) >= 11 is 0. The van der Waals surface area contributed by atoms with Gasteiger partial charge in [0.25, 0.3) is 11.5 Å². The highest BCUT2D eigenvalue weighted by Gasteiger charge is 2.31. The van der Waals surface area contributed by atoms with Crippen LogP contribution < -0.4 is 10.9 Å². The second-order valence-corrected chi connectivity index (χ2v) is 5.86. The number of rotatable bonds is 5. The van der Waals surface area contributed by atoms with Gasteiger partial charge in [-0.1, -0.05) is 12.1 Å². The van der Waals surface area contributed by atoms with Crippen LogP contribution in [0.1, 0.15) is 13.3 Å². The number of benzene rings is 1. The van der Waals surface area contributed by atoms with E-state index in [0.29, 0.717) is 17.4 Å². The van der Waals surface area contributed by atoms with Crippen LogP contribution in [0.15, 0.2) is 35.4 Å². The highest BCUT2D eigenvalue weighted by Crippen LogP contribution is 2.07. The Morgan fingerprint density at radius 3 is 2.81 bits per heavy atom. The zero-order valence-corrected chi connectivity index (χ0v) is 14.2. The van der Waals surface area contributed by atoms with Gasteiger partial charge < -0.3 is 10.1 Å². The molecule has 3 rings (SSSR count). The van der Waals surface area contributed by atoms with Crippen molar-refractivity contribution in [2.75, 3.05) is 13.1 Å². The van der Waals surface area contributed by atoms with E-state index in [1.807, 2.05) is 0 Å². The number of nitrogens with one attached hydrogen (secondary N) is 1. The number of aryl methyl sites for hydroxylation is 1. The number of amides is 3. The zero-order valence-electron chi connectivity index (χ0n) is 14.2. The molecule has 9 nitrogen and oxygen atoms in total. The lowest BCUT2D eigenvalue weighted by atomic mass is 10.2. The summed E-state index contributed by atoms with van der Waals surface area (Å²) in [6.45, 7) is 2.12. The Morgan fingerprint density at radius 1 is 1.31 bits per heavy atom.